The van der Waals surface area contributed by atoms with Crippen molar-refractivity contribution in [3.05, 3.63) is 53.9 Å². The maximum atomic E-state index is 12.3. The molecule has 176 valence electrons. The number of unbranched alkanes of at least 4 members (excludes halogenated alkanes) is 2. The molecule has 0 aliphatic heterocycles. The maximum absolute atomic E-state index is 12.3. The molecule has 1 amide bonds. The first-order chi connectivity index (χ1) is 16.0. The summed E-state index contributed by atoms with van der Waals surface area (Å²) in [5.74, 6) is 1.81. The highest BCUT2D eigenvalue weighted by Crippen LogP contribution is 2.27. The fourth-order valence-electron chi connectivity index (χ4n) is 3.74. The van der Waals surface area contributed by atoms with Gasteiger partial charge in [0, 0.05) is 13.0 Å². The highest BCUT2D eigenvalue weighted by Gasteiger charge is 2.13. The van der Waals surface area contributed by atoms with Crippen molar-refractivity contribution in [3.63, 3.8) is 0 Å². The molecule has 3 rings (SSSR count). The Balaban J connectivity index is 1.44. The van der Waals surface area contributed by atoms with Crippen LogP contribution >= 0.6 is 0 Å². The number of imidazole rings is 1. The summed E-state index contributed by atoms with van der Waals surface area (Å²) in [6.07, 6.45) is 3.77. The Morgan fingerprint density at radius 3 is 2.52 bits per heavy atom. The zero-order chi connectivity index (χ0) is 23.6. The van der Waals surface area contributed by atoms with Crippen LogP contribution in [-0.2, 0) is 33.7 Å². The number of esters is 1. The lowest BCUT2D eigenvalue weighted by Gasteiger charge is -2.10. The van der Waals surface area contributed by atoms with Crippen molar-refractivity contribution >= 4 is 22.9 Å². The first kappa shape index (κ1) is 24.1. The highest BCUT2D eigenvalue weighted by atomic mass is 16.5. The lowest BCUT2D eigenvalue weighted by molar-refractivity contribution is -0.141. The minimum absolute atomic E-state index is 0.0258. The molecule has 1 N–H and O–H groups in total. The summed E-state index contributed by atoms with van der Waals surface area (Å²) >= 11 is 0. The molecule has 0 radical (unpaired) electrons. The van der Waals surface area contributed by atoms with Gasteiger partial charge in [0.15, 0.2) is 11.5 Å². The van der Waals surface area contributed by atoms with Gasteiger partial charge in [-0.2, -0.15) is 0 Å². The van der Waals surface area contributed by atoms with Gasteiger partial charge in [-0.05, 0) is 42.7 Å². The van der Waals surface area contributed by atoms with Gasteiger partial charge in [-0.3, -0.25) is 9.59 Å². The summed E-state index contributed by atoms with van der Waals surface area (Å²) in [7, 11) is 4.55. The topological polar surface area (TPSA) is 91.7 Å². The van der Waals surface area contributed by atoms with Gasteiger partial charge >= 0.3 is 5.97 Å². The van der Waals surface area contributed by atoms with Crippen LogP contribution in [0.2, 0.25) is 0 Å². The summed E-state index contributed by atoms with van der Waals surface area (Å²) in [6, 6.07) is 13.3. The third kappa shape index (κ3) is 6.47. The first-order valence-electron chi connectivity index (χ1n) is 11.0. The van der Waals surface area contributed by atoms with Crippen molar-refractivity contribution < 1.29 is 23.8 Å². The standard InChI is InChI=1S/C25H31N3O5/c1-31-21-13-12-18(15-22(21)32-2)16-24(29)26-14-8-4-5-11-23-27-19-9-6-7-10-20(19)28(23)17-25(30)33-3/h6-7,9-10,12-13,15H,4-5,8,11,14,16-17H2,1-3H3,(H,26,29). The maximum Gasteiger partial charge on any atom is 0.325 e. The number of carbonyl (C=O) groups excluding carboxylic acids is 2. The molecule has 0 saturated heterocycles. The number of methoxy groups -OCH3 is 3. The van der Waals surface area contributed by atoms with E-state index in [9.17, 15) is 9.59 Å². The van der Waals surface area contributed by atoms with Gasteiger partial charge in [-0.1, -0.05) is 24.6 Å². The van der Waals surface area contributed by atoms with E-state index in [1.807, 2.05) is 41.0 Å². The highest BCUT2D eigenvalue weighted by molar-refractivity contribution is 5.79. The van der Waals surface area contributed by atoms with Gasteiger partial charge in [0.25, 0.3) is 0 Å². The summed E-state index contributed by atoms with van der Waals surface area (Å²) in [5, 5.41) is 2.97. The van der Waals surface area contributed by atoms with Crippen LogP contribution in [0.4, 0.5) is 0 Å². The van der Waals surface area contributed by atoms with E-state index in [1.165, 1.54) is 7.11 Å². The zero-order valence-corrected chi connectivity index (χ0v) is 19.4. The first-order valence-corrected chi connectivity index (χ1v) is 11.0. The van der Waals surface area contributed by atoms with Crippen LogP contribution in [0.3, 0.4) is 0 Å². The summed E-state index contributed by atoms with van der Waals surface area (Å²) in [4.78, 5) is 28.8. The summed E-state index contributed by atoms with van der Waals surface area (Å²) in [6.45, 7) is 0.767. The molecule has 1 heterocycles. The number of rotatable bonds is 12. The van der Waals surface area contributed by atoms with Crippen molar-refractivity contribution in [1.29, 1.82) is 0 Å². The van der Waals surface area contributed by atoms with Gasteiger partial charge in [0.05, 0.1) is 38.8 Å². The van der Waals surface area contributed by atoms with Crippen molar-refractivity contribution in [2.75, 3.05) is 27.9 Å². The molecule has 8 heteroatoms. The predicted octanol–water partition coefficient (Wildman–Crippen LogP) is 3.30. The summed E-state index contributed by atoms with van der Waals surface area (Å²) in [5.41, 5.74) is 2.67. The number of aryl methyl sites for hydroxylation is 1. The third-order valence-corrected chi connectivity index (χ3v) is 5.46. The van der Waals surface area contributed by atoms with E-state index in [-0.39, 0.29) is 24.8 Å². The second kappa shape index (κ2) is 11.9. The van der Waals surface area contributed by atoms with Crippen LogP contribution in [0.15, 0.2) is 42.5 Å². The fraction of sp³-hybridized carbons (Fsp3) is 0.400. The third-order valence-electron chi connectivity index (χ3n) is 5.46. The van der Waals surface area contributed by atoms with Crippen molar-refractivity contribution in [2.24, 2.45) is 0 Å². The summed E-state index contributed by atoms with van der Waals surface area (Å²) < 4.78 is 17.3. The molecule has 3 aromatic rings. The molecule has 2 aromatic carbocycles. The number of carbonyl (C=O) groups is 2. The monoisotopic (exact) mass is 453 g/mol. The Hall–Kier alpha value is -3.55. The average molecular weight is 454 g/mol. The number of aromatic nitrogens is 2. The minimum atomic E-state index is -0.295. The Morgan fingerprint density at radius 2 is 1.76 bits per heavy atom. The van der Waals surface area contributed by atoms with Gasteiger partial charge < -0.3 is 24.1 Å². The van der Waals surface area contributed by atoms with E-state index in [2.05, 4.69) is 10.3 Å². The molecular weight excluding hydrogens is 422 g/mol. The Kier molecular flexibility index (Phi) is 8.69. The largest absolute Gasteiger partial charge is 0.493 e. The normalized spacial score (nSPS) is 10.8. The number of fused-ring (bicyclic) bond motifs is 1. The number of hydrogen-bond acceptors (Lipinski definition) is 6. The molecule has 0 saturated carbocycles. The lowest BCUT2D eigenvalue weighted by Crippen LogP contribution is -2.26. The van der Waals surface area contributed by atoms with E-state index in [0.717, 1.165) is 48.1 Å². The fourth-order valence-corrected chi connectivity index (χ4v) is 3.74. The Bertz CT molecular complexity index is 1090. The zero-order valence-electron chi connectivity index (χ0n) is 19.4. The smallest absolute Gasteiger partial charge is 0.325 e. The number of para-hydroxylation sites is 2. The molecule has 33 heavy (non-hydrogen) atoms. The minimum Gasteiger partial charge on any atom is -0.493 e. The van der Waals surface area contributed by atoms with Crippen molar-refractivity contribution in [3.8, 4) is 11.5 Å². The predicted molar refractivity (Wildman–Crippen MR) is 126 cm³/mol. The van der Waals surface area contributed by atoms with Crippen molar-refractivity contribution in [1.82, 2.24) is 14.9 Å². The van der Waals surface area contributed by atoms with E-state index in [0.29, 0.717) is 18.0 Å². The molecule has 0 aliphatic rings. The van der Waals surface area contributed by atoms with Gasteiger partial charge in [0.1, 0.15) is 12.4 Å². The van der Waals surface area contributed by atoms with Crippen LogP contribution in [0.5, 0.6) is 11.5 Å². The molecule has 0 unspecified atom stereocenters. The molecule has 1 aromatic heterocycles. The molecule has 0 atom stereocenters. The van der Waals surface area contributed by atoms with Crippen LogP contribution in [0, 0.1) is 0 Å². The number of benzene rings is 2. The molecule has 0 aliphatic carbocycles. The van der Waals surface area contributed by atoms with Gasteiger partial charge in [0.2, 0.25) is 5.91 Å². The number of nitrogens with one attached hydrogen (secondary N) is 1. The Morgan fingerprint density at radius 1 is 0.970 bits per heavy atom. The van der Waals surface area contributed by atoms with Crippen LogP contribution in [-0.4, -0.2) is 49.3 Å². The van der Waals surface area contributed by atoms with Gasteiger partial charge in [-0.25, -0.2) is 4.98 Å². The van der Waals surface area contributed by atoms with Crippen LogP contribution < -0.4 is 14.8 Å². The van der Waals surface area contributed by atoms with E-state index < -0.39 is 0 Å². The van der Waals surface area contributed by atoms with Crippen LogP contribution in [0.1, 0.15) is 30.7 Å². The number of amides is 1. The number of hydrogen-bond donors (Lipinski definition) is 1. The van der Waals surface area contributed by atoms with Crippen LogP contribution in [0.25, 0.3) is 11.0 Å². The molecule has 0 bridgehead atoms. The number of nitrogens with zero attached hydrogens (tertiary/aromatic N) is 2. The molecular formula is C25H31N3O5. The van der Waals surface area contributed by atoms with E-state index in [4.69, 9.17) is 14.2 Å². The SMILES string of the molecule is COC(=O)Cn1c(CCCCCNC(=O)Cc2ccc(OC)c(OC)c2)nc2ccccc21. The van der Waals surface area contributed by atoms with Gasteiger partial charge in [-0.15, -0.1) is 0 Å². The van der Waals surface area contributed by atoms with E-state index >= 15 is 0 Å². The lowest BCUT2D eigenvalue weighted by atomic mass is 10.1. The van der Waals surface area contributed by atoms with Crippen molar-refractivity contribution in [2.45, 2.75) is 38.6 Å². The molecule has 0 fully saturated rings. The molecule has 0 spiro atoms. The molecule has 8 nitrogen and oxygen atoms in total. The number of ether oxygens (including phenoxy) is 3. The second-order valence-corrected chi connectivity index (χ2v) is 7.71. The second-order valence-electron chi connectivity index (χ2n) is 7.71. The quantitative estimate of drug-likeness (QED) is 0.334. The average Bonchev–Trinajstić information content (AvgIpc) is 3.18. The Labute approximate surface area is 193 Å². The van der Waals surface area contributed by atoms with E-state index in [1.54, 1.807) is 20.3 Å².